The monoisotopic (exact) mass is 1720 g/mol. The number of rotatable bonds is 29. The number of amides is 1. The highest BCUT2D eigenvalue weighted by atomic mass is 127. The summed E-state index contributed by atoms with van der Waals surface area (Å²) in [5, 5.41) is 10.2. The van der Waals surface area contributed by atoms with Gasteiger partial charge < -0.3 is 40.3 Å². The number of aliphatic hydroxyl groups excluding tert-OH is 1. The number of allylic oxidation sites excluding steroid dienone is 3. The summed E-state index contributed by atoms with van der Waals surface area (Å²) in [4.78, 5) is 35.6. The number of esters is 2. The van der Waals surface area contributed by atoms with E-state index in [1.165, 1.54) is 193 Å². The highest BCUT2D eigenvalue weighted by molar-refractivity contribution is 14.1. The van der Waals surface area contributed by atoms with Gasteiger partial charge in [0.2, 0.25) is 5.91 Å². The van der Waals surface area contributed by atoms with Crippen LogP contribution in [-0.2, 0) is 38.1 Å². The fourth-order valence-corrected chi connectivity index (χ4v) is 28.3. The van der Waals surface area contributed by atoms with Crippen molar-refractivity contribution in [2.24, 2.45) is 150 Å². The summed E-state index contributed by atoms with van der Waals surface area (Å²) in [5.74, 6) is 15.2. The smallest absolute Gasteiger partial charge is 0.320 e. The van der Waals surface area contributed by atoms with Gasteiger partial charge in [-0.05, 0) is 320 Å². The lowest BCUT2D eigenvalue weighted by atomic mass is 9.47. The average Bonchev–Trinajstić information content (AvgIpc) is 1.67. The second-order valence-electron chi connectivity index (χ2n) is 42.3. The number of aliphatic hydroxyl groups is 1. The van der Waals surface area contributed by atoms with Crippen LogP contribution in [0, 0.1) is 139 Å². The molecule has 1 amide bonds. The van der Waals surface area contributed by atoms with Crippen LogP contribution in [0.1, 0.15) is 365 Å². The Bertz CT molecular complexity index is 2970. The summed E-state index contributed by atoms with van der Waals surface area (Å²) >= 11 is 1.90. The van der Waals surface area contributed by atoms with Gasteiger partial charge in [-0.1, -0.05) is 241 Å². The minimum Gasteiger partial charge on any atom is -0.465 e. The zero-order valence-corrected chi connectivity index (χ0v) is 77.2. The topological polar surface area (TPSA) is 173 Å². The van der Waals surface area contributed by atoms with Crippen LogP contribution in [0.5, 0.6) is 0 Å². The fourth-order valence-electron chi connectivity index (χ4n) is 28.3. The highest BCUT2D eigenvalue weighted by Gasteiger charge is 2.63. The molecule has 668 valence electrons. The predicted octanol–water partition coefficient (Wildman–Crippen LogP) is 25.2. The van der Waals surface area contributed by atoms with E-state index in [2.05, 4.69) is 128 Å². The van der Waals surface area contributed by atoms with Gasteiger partial charge in [0.25, 0.3) is 0 Å². The van der Waals surface area contributed by atoms with Gasteiger partial charge >= 0.3 is 11.9 Å². The number of nitrogens with zero attached hydrogens (tertiary/aromatic N) is 1. The van der Waals surface area contributed by atoms with Crippen LogP contribution < -0.4 is 11.5 Å². The fraction of sp³-hybridized carbons (Fsp3) is 0.912. The molecule has 12 nitrogen and oxygen atoms in total. The Hall–Kier alpha value is -1.88. The molecule has 1 heterocycles. The van der Waals surface area contributed by atoms with Crippen molar-refractivity contribution in [2.75, 3.05) is 70.2 Å². The third kappa shape index (κ3) is 25.0. The van der Waals surface area contributed by atoms with Gasteiger partial charge in [-0.2, -0.15) is 0 Å². The Morgan fingerprint density at radius 3 is 1.14 bits per heavy atom. The van der Waals surface area contributed by atoms with E-state index >= 15 is 0 Å². The molecule has 9 saturated carbocycles. The van der Waals surface area contributed by atoms with Gasteiger partial charge in [0, 0.05) is 26.3 Å². The summed E-state index contributed by atoms with van der Waals surface area (Å²) in [6.07, 6.45) is 55.4. The van der Waals surface area contributed by atoms with Gasteiger partial charge in [0.1, 0.15) is 0 Å². The molecule has 10 fully saturated rings. The second-order valence-corrected chi connectivity index (χ2v) is 43.0. The molecular formula is C102H184IN3O9. The van der Waals surface area contributed by atoms with Gasteiger partial charge in [-0.25, -0.2) is 0 Å². The van der Waals surface area contributed by atoms with Gasteiger partial charge in [-0.3, -0.25) is 19.3 Å². The molecule has 5 N–H and O–H groups in total. The average molecular weight is 1720 g/mol. The van der Waals surface area contributed by atoms with E-state index in [4.69, 9.17) is 29.4 Å². The van der Waals surface area contributed by atoms with E-state index in [-0.39, 0.29) is 65.4 Å². The number of hydrogen-bond acceptors (Lipinski definition) is 11. The predicted molar refractivity (Wildman–Crippen MR) is 492 cm³/mol. The standard InChI is InChI=1S/C37H63NO5.C29H51NO.C27H46O.C4H8O.C2H4INO.3CH4/c1-8-41-34(39)24-38(25-35(40)42-9-2)21-22-43-29-17-19-36(6)28(23-29)13-14-30-32-16-15-31(27(5)12-10-11-26(3)4)37(32,7)20-18-33(30)36;1-20(2)7-6-8-21(3)25-11-12-26-24-10-9-22-19-23(31-18-17-30)13-15-28(22,4)27(24)14-16-29(25,26)5;1-18(2)7-6-8-19(3)23-11-12-24-22-10-9-20-17-21(28)13-15-26(20,4)25(22)14-16-27(23,24)5;1-2-4-5-3-1;3-1-2(4)5;;;/h13,26-27,29-33H,8-12,14-25H2,1-7H3;9,20-21,23-27H,6-8,10-19,30H2,1-5H3;9,18-19,21-25,28H,6-8,10-17H2,1-5H3;1-4H2;1H2,(H2,4,5);3*1H4/t27-,29+,30?,31-,32?,33?,36+,37-;21-,23+,24?,25-,26?,27?,28+,29-;19-,21+,22?,23-,24?,25?,26+,27-;;;;;/m111...../s1. The number of fused-ring (bicyclic) bond motifs is 15. The molecule has 1 aliphatic heterocycles. The maximum Gasteiger partial charge on any atom is 0.320 e. The lowest BCUT2D eigenvalue weighted by Gasteiger charge is -2.58. The molecule has 13 aliphatic rings. The molecule has 115 heavy (non-hydrogen) atoms. The first-order valence-electron chi connectivity index (χ1n) is 47.5. The molecule has 0 aromatic carbocycles. The summed E-state index contributed by atoms with van der Waals surface area (Å²) in [5.41, 5.74) is 18.2. The summed E-state index contributed by atoms with van der Waals surface area (Å²) in [7, 11) is 0. The van der Waals surface area contributed by atoms with Gasteiger partial charge in [0.05, 0.1) is 62.3 Å². The number of halogens is 1. The van der Waals surface area contributed by atoms with E-state index < -0.39 is 0 Å². The summed E-state index contributed by atoms with van der Waals surface area (Å²) in [6.45, 7) is 46.6. The molecule has 1 saturated heterocycles. The van der Waals surface area contributed by atoms with Crippen LogP contribution in [0.25, 0.3) is 0 Å². The first kappa shape index (κ1) is 102. The number of alkyl halides is 1. The van der Waals surface area contributed by atoms with Gasteiger partial charge in [-0.15, -0.1) is 0 Å². The van der Waals surface area contributed by atoms with Gasteiger partial charge in [0.15, 0.2) is 0 Å². The van der Waals surface area contributed by atoms with Crippen molar-refractivity contribution in [3.05, 3.63) is 34.9 Å². The molecule has 0 bridgehead atoms. The number of carbonyl (C=O) groups excluding carboxylic acids is 3. The van der Waals surface area contributed by atoms with Crippen molar-refractivity contribution in [1.82, 2.24) is 4.90 Å². The quantitative estimate of drug-likeness (QED) is 0.0282. The number of ether oxygens (including phenoxy) is 5. The largest absolute Gasteiger partial charge is 0.465 e. The summed E-state index contributed by atoms with van der Waals surface area (Å²) in [6, 6.07) is 0. The Kier molecular flexibility index (Phi) is 41.4. The van der Waals surface area contributed by atoms with Crippen LogP contribution >= 0.6 is 22.6 Å². The first-order valence-corrected chi connectivity index (χ1v) is 49.0. The van der Waals surface area contributed by atoms with E-state index in [0.29, 0.717) is 75.9 Å². The second kappa shape index (κ2) is 46.7. The number of carbonyl (C=O) groups is 3. The molecular weight excluding hydrogens is 1540 g/mol. The SMILES string of the molecule is C.C.C.C1CCOC1.CC(C)CCC[C@@H](C)[C@H]1CCC2C3CC=C4C[C@@H](O)CC[C@]4(C)C3CC[C@@]21C.CC(C)CCC[C@@H](C)[C@H]1CCC2C3CC=C4C[C@@H](OCCN)CC[C@]4(C)C3CC[C@@]21C.CCOC(=O)CN(CCO[C@H]1CC[C@@]2(C)C(=CCC3C2CC[C@@]2(C)C3CC[C@@H]2[C@H](C)CCCC(C)C)C1)CC(=O)OCC.NC(=O)CI. The van der Waals surface area contributed by atoms with Crippen molar-refractivity contribution >= 4 is 40.4 Å². The van der Waals surface area contributed by atoms with Crippen molar-refractivity contribution in [2.45, 2.75) is 383 Å². The minimum absolute atomic E-state index is 0. The lowest BCUT2D eigenvalue weighted by molar-refractivity contribution is -0.148. The van der Waals surface area contributed by atoms with Crippen molar-refractivity contribution in [1.29, 1.82) is 0 Å². The molecule has 24 atom stereocenters. The molecule has 12 aliphatic carbocycles. The molecule has 9 unspecified atom stereocenters. The Morgan fingerprint density at radius 1 is 0.487 bits per heavy atom. The van der Waals surface area contributed by atoms with E-state index in [0.717, 1.165) is 158 Å². The van der Waals surface area contributed by atoms with Crippen molar-refractivity contribution in [3.8, 4) is 0 Å². The van der Waals surface area contributed by atoms with Crippen molar-refractivity contribution in [3.63, 3.8) is 0 Å². The van der Waals surface area contributed by atoms with Crippen LogP contribution in [0.2, 0.25) is 0 Å². The van der Waals surface area contributed by atoms with Crippen molar-refractivity contribution < 1.29 is 43.2 Å². The summed E-state index contributed by atoms with van der Waals surface area (Å²) < 4.78 is 28.1. The first-order chi connectivity index (χ1) is 53.3. The Labute approximate surface area is 722 Å². The van der Waals surface area contributed by atoms with Crippen LogP contribution in [0.15, 0.2) is 34.9 Å². The Balaban J connectivity index is 0.000000254. The lowest BCUT2D eigenvalue weighted by Crippen LogP contribution is -2.51. The zero-order chi connectivity index (χ0) is 81.3. The number of hydrogen-bond donors (Lipinski definition) is 3. The van der Waals surface area contributed by atoms with E-state index in [1.54, 1.807) is 35.5 Å². The molecule has 13 rings (SSSR count). The van der Waals surface area contributed by atoms with Crippen LogP contribution in [0.4, 0.5) is 0 Å². The maximum atomic E-state index is 12.1. The molecule has 0 aromatic rings. The van der Waals surface area contributed by atoms with E-state index in [1.807, 2.05) is 22.6 Å². The third-order valence-electron chi connectivity index (χ3n) is 34.3. The number of primary amides is 1. The zero-order valence-electron chi connectivity index (χ0n) is 75.1. The van der Waals surface area contributed by atoms with E-state index in [9.17, 15) is 19.5 Å². The Morgan fingerprint density at radius 2 is 0.826 bits per heavy atom. The minimum atomic E-state index is -0.320. The number of nitrogens with two attached hydrogens (primary N) is 2. The van der Waals surface area contributed by atoms with Crippen LogP contribution in [-0.4, -0.2) is 116 Å². The molecule has 0 radical (unpaired) electrons. The molecule has 0 spiro atoms. The third-order valence-corrected chi connectivity index (χ3v) is 35.1. The molecule has 0 aromatic heterocycles. The molecule has 13 heteroatoms. The van der Waals surface area contributed by atoms with Crippen LogP contribution in [0.3, 0.4) is 0 Å². The highest BCUT2D eigenvalue weighted by Crippen LogP contribution is 2.71. The maximum absolute atomic E-state index is 12.1. The normalized spacial score (nSPS) is 37.1.